The molecule has 0 bridgehead atoms. The molecule has 0 saturated carbocycles. The van der Waals surface area contributed by atoms with Crippen LogP contribution in [0.25, 0.3) is 0 Å². The number of aromatic nitrogens is 2. The van der Waals surface area contributed by atoms with E-state index in [0.29, 0.717) is 5.69 Å². The standard InChI is InChI=1S/C20H26BrN3O4/c1-6-27-17(25)16-10-11-22-24(16)13-20(5,14-8-7-9-15(21)12-14)23-18(26)28-19(2,3)4/h7-12H,6,13H2,1-5H3,(H,23,26). The molecule has 0 fully saturated rings. The van der Waals surface area contributed by atoms with Crippen LogP contribution in [0.4, 0.5) is 4.79 Å². The summed E-state index contributed by atoms with van der Waals surface area (Å²) in [7, 11) is 0. The molecule has 1 atom stereocenters. The first-order chi connectivity index (χ1) is 13.0. The van der Waals surface area contributed by atoms with Crippen LogP contribution in [0.3, 0.4) is 0 Å². The molecule has 1 aromatic heterocycles. The van der Waals surface area contributed by atoms with Gasteiger partial charge in [0.2, 0.25) is 0 Å². The van der Waals surface area contributed by atoms with E-state index in [9.17, 15) is 9.59 Å². The minimum absolute atomic E-state index is 0.212. The molecular formula is C20H26BrN3O4. The fourth-order valence-electron chi connectivity index (χ4n) is 2.70. The Kier molecular flexibility index (Phi) is 6.87. The summed E-state index contributed by atoms with van der Waals surface area (Å²) < 4.78 is 12.9. The van der Waals surface area contributed by atoms with Crippen molar-refractivity contribution in [1.29, 1.82) is 0 Å². The maximum atomic E-state index is 12.5. The van der Waals surface area contributed by atoms with Crippen molar-refractivity contribution in [2.24, 2.45) is 0 Å². The van der Waals surface area contributed by atoms with E-state index < -0.39 is 23.2 Å². The minimum Gasteiger partial charge on any atom is -0.461 e. The molecule has 2 aromatic rings. The van der Waals surface area contributed by atoms with E-state index in [1.165, 1.54) is 10.9 Å². The van der Waals surface area contributed by atoms with Crippen molar-refractivity contribution in [3.63, 3.8) is 0 Å². The van der Waals surface area contributed by atoms with Gasteiger partial charge in [-0.05, 0) is 58.4 Å². The van der Waals surface area contributed by atoms with Gasteiger partial charge in [0.05, 0.1) is 18.7 Å². The molecule has 0 radical (unpaired) electrons. The van der Waals surface area contributed by atoms with Crippen LogP contribution in [0.2, 0.25) is 0 Å². The first kappa shape index (κ1) is 21.9. The van der Waals surface area contributed by atoms with Crippen LogP contribution in [0.1, 0.15) is 50.7 Å². The predicted octanol–water partition coefficient (Wildman–Crippen LogP) is 4.26. The van der Waals surface area contributed by atoms with Crippen LogP contribution in [0.5, 0.6) is 0 Å². The van der Waals surface area contributed by atoms with Crippen LogP contribution in [-0.2, 0) is 21.6 Å². The monoisotopic (exact) mass is 451 g/mol. The number of benzene rings is 1. The zero-order valence-corrected chi connectivity index (χ0v) is 18.4. The lowest BCUT2D eigenvalue weighted by Crippen LogP contribution is -2.48. The van der Waals surface area contributed by atoms with Gasteiger partial charge in [0.25, 0.3) is 0 Å². The Balaban J connectivity index is 2.38. The molecular weight excluding hydrogens is 426 g/mol. The molecule has 1 N–H and O–H groups in total. The van der Waals surface area contributed by atoms with Crippen molar-refractivity contribution in [1.82, 2.24) is 15.1 Å². The zero-order chi connectivity index (χ0) is 20.9. The number of esters is 1. The quantitative estimate of drug-likeness (QED) is 0.663. The highest BCUT2D eigenvalue weighted by Gasteiger charge is 2.33. The molecule has 1 amide bonds. The van der Waals surface area contributed by atoms with E-state index in [0.717, 1.165) is 10.0 Å². The van der Waals surface area contributed by atoms with Gasteiger partial charge in [-0.2, -0.15) is 5.10 Å². The van der Waals surface area contributed by atoms with Crippen LogP contribution >= 0.6 is 15.9 Å². The van der Waals surface area contributed by atoms with Crippen LogP contribution < -0.4 is 5.32 Å². The second-order valence-electron chi connectivity index (χ2n) is 7.56. The first-order valence-electron chi connectivity index (χ1n) is 9.00. The molecule has 28 heavy (non-hydrogen) atoms. The van der Waals surface area contributed by atoms with Gasteiger partial charge in [0.1, 0.15) is 11.3 Å². The summed E-state index contributed by atoms with van der Waals surface area (Å²) >= 11 is 3.47. The Hall–Kier alpha value is -2.35. The molecule has 8 heteroatoms. The second-order valence-corrected chi connectivity index (χ2v) is 8.48. The average molecular weight is 452 g/mol. The lowest BCUT2D eigenvalue weighted by atomic mass is 9.92. The van der Waals surface area contributed by atoms with Gasteiger partial charge in [-0.15, -0.1) is 0 Å². The third-order valence-electron chi connectivity index (χ3n) is 3.91. The Morgan fingerprint density at radius 1 is 1.21 bits per heavy atom. The largest absolute Gasteiger partial charge is 0.461 e. The Bertz CT molecular complexity index is 844. The van der Waals surface area contributed by atoms with Crippen LogP contribution in [-0.4, -0.2) is 34.1 Å². The molecule has 0 aliphatic carbocycles. The summed E-state index contributed by atoms with van der Waals surface area (Å²) in [4.78, 5) is 24.7. The highest BCUT2D eigenvalue weighted by Crippen LogP contribution is 2.27. The van der Waals surface area contributed by atoms with E-state index >= 15 is 0 Å². The summed E-state index contributed by atoms with van der Waals surface area (Å²) in [6.45, 7) is 9.48. The fraction of sp³-hybridized carbons (Fsp3) is 0.450. The minimum atomic E-state index is -0.890. The Morgan fingerprint density at radius 3 is 2.54 bits per heavy atom. The summed E-state index contributed by atoms with van der Waals surface area (Å²) in [6, 6.07) is 9.17. The van der Waals surface area contributed by atoms with Crippen molar-refractivity contribution in [3.05, 3.63) is 52.3 Å². The van der Waals surface area contributed by atoms with Gasteiger partial charge in [-0.25, -0.2) is 9.59 Å². The third-order valence-corrected chi connectivity index (χ3v) is 4.40. The van der Waals surface area contributed by atoms with Crippen molar-refractivity contribution in [3.8, 4) is 0 Å². The second kappa shape index (κ2) is 8.77. The van der Waals surface area contributed by atoms with Crippen molar-refractivity contribution in [2.45, 2.75) is 52.3 Å². The molecule has 1 heterocycles. The molecule has 7 nitrogen and oxygen atoms in total. The molecule has 1 aromatic carbocycles. The van der Waals surface area contributed by atoms with Crippen LogP contribution in [0, 0.1) is 0 Å². The number of hydrogen-bond donors (Lipinski definition) is 1. The number of nitrogens with zero attached hydrogens (tertiary/aromatic N) is 2. The maximum Gasteiger partial charge on any atom is 0.408 e. The summed E-state index contributed by atoms with van der Waals surface area (Å²) in [5, 5.41) is 7.18. The van der Waals surface area contributed by atoms with Crippen molar-refractivity contribution < 1.29 is 19.1 Å². The lowest BCUT2D eigenvalue weighted by Gasteiger charge is -2.33. The summed E-state index contributed by atoms with van der Waals surface area (Å²) in [5.41, 5.74) is -0.379. The van der Waals surface area contributed by atoms with Gasteiger partial charge in [-0.3, -0.25) is 4.68 Å². The molecule has 0 spiro atoms. The fourth-order valence-corrected chi connectivity index (χ4v) is 3.10. The number of carbonyl (C=O) groups excluding carboxylic acids is 2. The highest BCUT2D eigenvalue weighted by atomic mass is 79.9. The molecule has 2 rings (SSSR count). The van der Waals surface area contributed by atoms with Gasteiger partial charge in [-0.1, -0.05) is 28.1 Å². The van der Waals surface area contributed by atoms with Crippen molar-refractivity contribution >= 4 is 28.0 Å². The Morgan fingerprint density at radius 2 is 1.93 bits per heavy atom. The summed E-state index contributed by atoms with van der Waals surface area (Å²) in [5.74, 6) is -0.464. The van der Waals surface area contributed by atoms with E-state index in [-0.39, 0.29) is 13.2 Å². The van der Waals surface area contributed by atoms with Gasteiger partial charge in [0, 0.05) is 10.7 Å². The molecule has 0 saturated heterocycles. The zero-order valence-electron chi connectivity index (χ0n) is 16.8. The molecule has 0 aliphatic rings. The average Bonchev–Trinajstić information content (AvgIpc) is 3.01. The SMILES string of the molecule is CCOC(=O)c1ccnn1CC(C)(NC(=O)OC(C)(C)C)c1cccc(Br)c1. The topological polar surface area (TPSA) is 82.5 Å². The number of alkyl carbamates (subject to hydrolysis) is 1. The summed E-state index contributed by atoms with van der Waals surface area (Å²) in [6.07, 6.45) is 0.973. The van der Waals surface area contributed by atoms with Crippen molar-refractivity contribution in [2.75, 3.05) is 6.61 Å². The predicted molar refractivity (Wildman–Crippen MR) is 109 cm³/mol. The third kappa shape index (κ3) is 5.82. The van der Waals surface area contributed by atoms with E-state index in [4.69, 9.17) is 9.47 Å². The molecule has 1 unspecified atom stereocenters. The lowest BCUT2D eigenvalue weighted by molar-refractivity contribution is 0.0445. The Labute approximate surface area is 173 Å². The van der Waals surface area contributed by atoms with E-state index in [1.807, 2.05) is 31.2 Å². The normalized spacial score (nSPS) is 13.5. The number of halogens is 1. The number of carbonyl (C=O) groups is 2. The smallest absolute Gasteiger partial charge is 0.408 e. The van der Waals surface area contributed by atoms with Gasteiger partial charge >= 0.3 is 12.1 Å². The number of nitrogens with one attached hydrogen (secondary N) is 1. The van der Waals surface area contributed by atoms with Gasteiger partial charge in [0.15, 0.2) is 0 Å². The number of rotatable bonds is 6. The van der Waals surface area contributed by atoms with E-state index in [2.05, 4.69) is 26.3 Å². The molecule has 152 valence electrons. The maximum absolute atomic E-state index is 12.5. The van der Waals surface area contributed by atoms with E-state index in [1.54, 1.807) is 33.8 Å². The number of amides is 1. The highest BCUT2D eigenvalue weighted by molar-refractivity contribution is 9.10. The number of ether oxygens (including phenoxy) is 2. The first-order valence-corrected chi connectivity index (χ1v) is 9.79. The number of hydrogen-bond acceptors (Lipinski definition) is 5. The van der Waals surface area contributed by atoms with Gasteiger partial charge < -0.3 is 14.8 Å². The van der Waals surface area contributed by atoms with Crippen LogP contribution in [0.15, 0.2) is 41.0 Å². The molecule has 0 aliphatic heterocycles.